The van der Waals surface area contributed by atoms with Crippen molar-refractivity contribution >= 4 is 17.6 Å². The zero-order valence-electron chi connectivity index (χ0n) is 14.5. The van der Waals surface area contributed by atoms with E-state index < -0.39 is 12.1 Å². The summed E-state index contributed by atoms with van der Waals surface area (Å²) < 4.78 is 7.01. The molecule has 6 heteroatoms. The fraction of sp³-hybridized carbons (Fsp3) is 0.389. The Hall–Kier alpha value is -2.63. The highest BCUT2D eigenvalue weighted by Crippen LogP contribution is 2.15. The molecule has 1 unspecified atom stereocenters. The van der Waals surface area contributed by atoms with Gasteiger partial charge in [-0.25, -0.2) is 0 Å². The highest BCUT2D eigenvalue weighted by molar-refractivity contribution is 5.95. The van der Waals surface area contributed by atoms with E-state index in [9.17, 15) is 9.59 Å². The summed E-state index contributed by atoms with van der Waals surface area (Å²) in [6.07, 6.45) is -0.0676. The Morgan fingerprint density at radius 3 is 2.50 bits per heavy atom. The van der Waals surface area contributed by atoms with E-state index in [2.05, 4.69) is 10.4 Å². The molecule has 1 heterocycles. The van der Waals surface area contributed by atoms with E-state index in [4.69, 9.17) is 4.74 Å². The van der Waals surface area contributed by atoms with E-state index in [0.29, 0.717) is 12.1 Å². The van der Waals surface area contributed by atoms with Crippen LogP contribution in [0.15, 0.2) is 30.3 Å². The lowest BCUT2D eigenvalue weighted by Gasteiger charge is -2.13. The van der Waals surface area contributed by atoms with Crippen LogP contribution in [0.1, 0.15) is 30.3 Å². The van der Waals surface area contributed by atoms with Gasteiger partial charge in [-0.2, -0.15) is 5.10 Å². The molecule has 6 nitrogen and oxygen atoms in total. The zero-order chi connectivity index (χ0) is 17.7. The van der Waals surface area contributed by atoms with Gasteiger partial charge < -0.3 is 10.1 Å². The first kappa shape index (κ1) is 17.7. The van der Waals surface area contributed by atoms with Crippen molar-refractivity contribution < 1.29 is 14.3 Å². The molecule has 1 amide bonds. The molecule has 2 rings (SSSR count). The third kappa shape index (κ3) is 4.44. The van der Waals surface area contributed by atoms with Gasteiger partial charge in [-0.15, -0.1) is 0 Å². The standard InChI is InChI=1S/C18H23N3O3/c1-12-16(13(2)21(4)20-12)10-11-17(22)24-14(3)18(23)19-15-8-6-5-7-9-15/h5-9,14H,10-11H2,1-4H3,(H,19,23). The van der Waals surface area contributed by atoms with Crippen molar-refractivity contribution in [2.45, 2.75) is 39.7 Å². The number of anilines is 1. The third-order valence-corrected chi connectivity index (χ3v) is 3.96. The maximum atomic E-state index is 12.0. The molecule has 0 aliphatic heterocycles. The summed E-state index contributed by atoms with van der Waals surface area (Å²) in [5.41, 5.74) is 3.68. The van der Waals surface area contributed by atoms with Crippen LogP contribution in [-0.2, 0) is 27.8 Å². The lowest BCUT2D eigenvalue weighted by Crippen LogP contribution is -2.30. The number of hydrogen-bond acceptors (Lipinski definition) is 4. The van der Waals surface area contributed by atoms with Crippen LogP contribution in [0.5, 0.6) is 0 Å². The summed E-state index contributed by atoms with van der Waals surface area (Å²) >= 11 is 0. The molecule has 0 saturated heterocycles. The van der Waals surface area contributed by atoms with Crippen LogP contribution in [-0.4, -0.2) is 27.8 Å². The van der Waals surface area contributed by atoms with Crippen LogP contribution in [0, 0.1) is 13.8 Å². The predicted octanol–water partition coefficient (Wildman–Crippen LogP) is 2.54. The van der Waals surface area contributed by atoms with Gasteiger partial charge in [0.25, 0.3) is 5.91 Å². The zero-order valence-corrected chi connectivity index (χ0v) is 14.5. The van der Waals surface area contributed by atoms with Crippen molar-refractivity contribution in [2.75, 3.05) is 5.32 Å². The topological polar surface area (TPSA) is 73.2 Å². The van der Waals surface area contributed by atoms with Gasteiger partial charge in [0.15, 0.2) is 6.10 Å². The molecule has 1 N–H and O–H groups in total. The van der Waals surface area contributed by atoms with Crippen molar-refractivity contribution in [1.82, 2.24) is 9.78 Å². The van der Waals surface area contributed by atoms with Crippen LogP contribution < -0.4 is 5.32 Å². The van der Waals surface area contributed by atoms with Gasteiger partial charge in [-0.1, -0.05) is 18.2 Å². The number of nitrogens with zero attached hydrogens (tertiary/aromatic N) is 2. The second-order valence-corrected chi connectivity index (χ2v) is 5.76. The molecule has 0 bridgehead atoms. The average Bonchev–Trinajstić information content (AvgIpc) is 2.79. The largest absolute Gasteiger partial charge is 0.453 e. The number of aromatic nitrogens is 2. The summed E-state index contributed by atoms with van der Waals surface area (Å²) in [6.45, 7) is 5.46. The molecule has 128 valence electrons. The number of ether oxygens (including phenoxy) is 1. The van der Waals surface area contributed by atoms with Gasteiger partial charge in [-0.3, -0.25) is 14.3 Å². The molecule has 24 heavy (non-hydrogen) atoms. The maximum Gasteiger partial charge on any atom is 0.306 e. The van der Waals surface area contributed by atoms with Gasteiger partial charge in [0, 0.05) is 24.8 Å². The molecule has 1 atom stereocenters. The lowest BCUT2D eigenvalue weighted by atomic mass is 10.1. The normalized spacial score (nSPS) is 11.8. The molecule has 1 aromatic heterocycles. The van der Waals surface area contributed by atoms with Crippen LogP contribution in [0.3, 0.4) is 0 Å². The number of benzene rings is 1. The minimum Gasteiger partial charge on any atom is -0.453 e. The van der Waals surface area contributed by atoms with Crippen LogP contribution in [0.25, 0.3) is 0 Å². The van der Waals surface area contributed by atoms with Crippen LogP contribution >= 0.6 is 0 Å². The molecular formula is C18H23N3O3. The molecule has 2 aromatic rings. The molecule has 0 radical (unpaired) electrons. The fourth-order valence-corrected chi connectivity index (χ4v) is 2.48. The number of amides is 1. The van der Waals surface area contributed by atoms with Crippen molar-refractivity contribution in [3.63, 3.8) is 0 Å². The molecule has 0 spiro atoms. The van der Waals surface area contributed by atoms with E-state index in [1.54, 1.807) is 23.7 Å². The number of nitrogens with one attached hydrogen (secondary N) is 1. The van der Waals surface area contributed by atoms with Gasteiger partial charge in [0.2, 0.25) is 0 Å². The molecule has 1 aromatic carbocycles. The summed E-state index contributed by atoms with van der Waals surface area (Å²) in [7, 11) is 1.88. The van der Waals surface area contributed by atoms with Gasteiger partial charge in [0.1, 0.15) is 0 Å². The summed E-state index contributed by atoms with van der Waals surface area (Å²) in [5.74, 6) is -0.739. The van der Waals surface area contributed by atoms with E-state index in [1.165, 1.54) is 0 Å². The van der Waals surface area contributed by atoms with Gasteiger partial charge in [0.05, 0.1) is 5.69 Å². The SMILES string of the molecule is Cc1nn(C)c(C)c1CCC(=O)OC(C)C(=O)Nc1ccccc1. The number of aryl methyl sites for hydroxylation is 2. The average molecular weight is 329 g/mol. The first-order valence-electron chi connectivity index (χ1n) is 7.93. The van der Waals surface area contributed by atoms with Crippen molar-refractivity contribution in [3.8, 4) is 0 Å². The lowest BCUT2D eigenvalue weighted by molar-refractivity contribution is -0.153. The summed E-state index contributed by atoms with van der Waals surface area (Å²) in [5, 5.41) is 7.04. The van der Waals surface area contributed by atoms with Gasteiger partial charge in [-0.05, 0) is 44.9 Å². The van der Waals surface area contributed by atoms with Crippen LogP contribution in [0.4, 0.5) is 5.69 Å². The molecule has 0 saturated carbocycles. The maximum absolute atomic E-state index is 12.0. The molecule has 0 fully saturated rings. The van der Waals surface area contributed by atoms with E-state index in [1.807, 2.05) is 39.1 Å². The Balaban J connectivity index is 1.84. The Morgan fingerprint density at radius 1 is 1.25 bits per heavy atom. The quantitative estimate of drug-likeness (QED) is 0.827. The van der Waals surface area contributed by atoms with E-state index >= 15 is 0 Å². The second-order valence-electron chi connectivity index (χ2n) is 5.76. The highest BCUT2D eigenvalue weighted by Gasteiger charge is 2.19. The first-order chi connectivity index (χ1) is 11.4. The van der Waals surface area contributed by atoms with Crippen molar-refractivity contribution in [2.24, 2.45) is 7.05 Å². The Morgan fingerprint density at radius 2 is 1.92 bits per heavy atom. The number of esters is 1. The van der Waals surface area contributed by atoms with Crippen molar-refractivity contribution in [1.29, 1.82) is 0 Å². The number of hydrogen-bond donors (Lipinski definition) is 1. The number of carbonyl (C=O) groups excluding carboxylic acids is 2. The second kappa shape index (κ2) is 7.77. The summed E-state index contributed by atoms with van der Waals surface area (Å²) in [6, 6.07) is 9.07. The van der Waals surface area contributed by atoms with Crippen molar-refractivity contribution in [3.05, 3.63) is 47.3 Å². The fourth-order valence-electron chi connectivity index (χ4n) is 2.48. The smallest absolute Gasteiger partial charge is 0.306 e. The first-order valence-corrected chi connectivity index (χ1v) is 7.93. The Labute approximate surface area is 141 Å². The molecular weight excluding hydrogens is 306 g/mol. The summed E-state index contributed by atoms with van der Waals surface area (Å²) in [4.78, 5) is 24.0. The number of carbonyl (C=O) groups is 2. The monoisotopic (exact) mass is 329 g/mol. The van der Waals surface area contributed by atoms with E-state index in [0.717, 1.165) is 17.0 Å². The number of para-hydroxylation sites is 1. The van der Waals surface area contributed by atoms with Crippen LogP contribution in [0.2, 0.25) is 0 Å². The molecule has 0 aliphatic carbocycles. The van der Waals surface area contributed by atoms with Gasteiger partial charge >= 0.3 is 5.97 Å². The minimum atomic E-state index is -0.839. The predicted molar refractivity (Wildman–Crippen MR) is 91.6 cm³/mol. The Kier molecular flexibility index (Phi) is 5.73. The highest BCUT2D eigenvalue weighted by atomic mass is 16.5. The Bertz CT molecular complexity index is 723. The minimum absolute atomic E-state index is 0.219. The van der Waals surface area contributed by atoms with E-state index in [-0.39, 0.29) is 12.3 Å². The number of rotatable bonds is 6. The third-order valence-electron chi connectivity index (χ3n) is 3.96. The molecule has 0 aliphatic rings.